The fourth-order valence-corrected chi connectivity index (χ4v) is 3.00. The SMILES string of the molecule is CC(C)(C)OC(=O)N1CCOC[C@H]1CN(CC(=O)OCc1ccccc1)C(=O)OCCl. The van der Waals surface area contributed by atoms with Crippen LogP contribution in [0.3, 0.4) is 0 Å². The molecule has 1 heterocycles. The Morgan fingerprint density at radius 3 is 2.55 bits per heavy atom. The largest absolute Gasteiger partial charge is 0.459 e. The monoisotopic (exact) mass is 456 g/mol. The minimum absolute atomic E-state index is 0.00456. The van der Waals surface area contributed by atoms with E-state index in [1.165, 1.54) is 4.90 Å². The summed E-state index contributed by atoms with van der Waals surface area (Å²) in [5, 5.41) is 0. The van der Waals surface area contributed by atoms with Crippen LogP contribution < -0.4 is 0 Å². The zero-order valence-electron chi connectivity index (χ0n) is 18.0. The van der Waals surface area contributed by atoms with Gasteiger partial charge in [-0.25, -0.2) is 9.59 Å². The summed E-state index contributed by atoms with van der Waals surface area (Å²) in [6, 6.07) is 8.29. The molecule has 31 heavy (non-hydrogen) atoms. The van der Waals surface area contributed by atoms with Crippen LogP contribution in [-0.2, 0) is 30.3 Å². The van der Waals surface area contributed by atoms with Gasteiger partial charge in [-0.2, -0.15) is 0 Å². The van der Waals surface area contributed by atoms with Crippen LogP contribution in [0.2, 0.25) is 0 Å². The lowest BCUT2D eigenvalue weighted by atomic mass is 10.2. The zero-order chi connectivity index (χ0) is 22.9. The van der Waals surface area contributed by atoms with Crippen LogP contribution in [0.5, 0.6) is 0 Å². The molecule has 1 atom stereocenters. The molecular weight excluding hydrogens is 428 g/mol. The van der Waals surface area contributed by atoms with Gasteiger partial charge in [0.25, 0.3) is 0 Å². The van der Waals surface area contributed by atoms with Crippen molar-refractivity contribution in [3.63, 3.8) is 0 Å². The predicted octanol–water partition coefficient (Wildman–Crippen LogP) is 3.00. The number of alkyl halides is 1. The number of carbonyl (C=O) groups excluding carboxylic acids is 3. The van der Waals surface area contributed by atoms with Crippen LogP contribution in [0.4, 0.5) is 9.59 Å². The second-order valence-electron chi connectivity index (χ2n) is 7.95. The molecule has 9 nitrogen and oxygen atoms in total. The molecule has 0 radical (unpaired) electrons. The Balaban J connectivity index is 2.03. The Labute approximate surface area is 187 Å². The second kappa shape index (κ2) is 11.8. The third-order valence-electron chi connectivity index (χ3n) is 4.29. The molecule has 0 aliphatic carbocycles. The molecular formula is C21H29ClN2O7. The van der Waals surface area contributed by atoms with Gasteiger partial charge in [-0.15, -0.1) is 0 Å². The van der Waals surface area contributed by atoms with Gasteiger partial charge in [0.2, 0.25) is 0 Å². The van der Waals surface area contributed by atoms with Gasteiger partial charge in [0.05, 0.1) is 19.3 Å². The van der Waals surface area contributed by atoms with E-state index in [0.717, 1.165) is 10.5 Å². The molecule has 1 aromatic rings. The molecule has 1 aromatic carbocycles. The van der Waals surface area contributed by atoms with Crippen molar-refractivity contribution in [3.8, 4) is 0 Å². The summed E-state index contributed by atoms with van der Waals surface area (Å²) >= 11 is 5.52. The van der Waals surface area contributed by atoms with Crippen molar-refractivity contribution in [2.45, 2.75) is 39.0 Å². The minimum Gasteiger partial charge on any atom is -0.459 e. The lowest BCUT2D eigenvalue weighted by Gasteiger charge is -2.38. The van der Waals surface area contributed by atoms with E-state index >= 15 is 0 Å². The lowest BCUT2D eigenvalue weighted by molar-refractivity contribution is -0.146. The first-order chi connectivity index (χ1) is 14.7. The van der Waals surface area contributed by atoms with Crippen LogP contribution >= 0.6 is 11.6 Å². The smallest absolute Gasteiger partial charge is 0.411 e. The van der Waals surface area contributed by atoms with Gasteiger partial charge >= 0.3 is 18.2 Å². The van der Waals surface area contributed by atoms with Crippen molar-refractivity contribution in [3.05, 3.63) is 35.9 Å². The van der Waals surface area contributed by atoms with E-state index in [-0.39, 0.29) is 32.4 Å². The Hall–Kier alpha value is -2.52. The highest BCUT2D eigenvalue weighted by Crippen LogP contribution is 2.16. The van der Waals surface area contributed by atoms with Crippen molar-refractivity contribution in [1.29, 1.82) is 0 Å². The van der Waals surface area contributed by atoms with Gasteiger partial charge in [0, 0.05) is 13.1 Å². The van der Waals surface area contributed by atoms with Gasteiger partial charge in [-0.3, -0.25) is 14.6 Å². The summed E-state index contributed by atoms with van der Waals surface area (Å²) in [5.74, 6) is -0.615. The molecule has 0 spiro atoms. The third-order valence-corrected chi connectivity index (χ3v) is 4.39. The number of ether oxygens (including phenoxy) is 4. The molecule has 2 rings (SSSR count). The highest BCUT2D eigenvalue weighted by Gasteiger charge is 2.34. The second-order valence-corrected chi connectivity index (χ2v) is 8.17. The predicted molar refractivity (Wildman–Crippen MR) is 113 cm³/mol. The number of morpholine rings is 1. The average molecular weight is 457 g/mol. The third kappa shape index (κ3) is 8.63. The maximum atomic E-state index is 12.6. The fraction of sp³-hybridized carbons (Fsp3) is 0.571. The number of rotatable bonds is 7. The van der Waals surface area contributed by atoms with Crippen molar-refractivity contribution in [2.24, 2.45) is 0 Å². The Morgan fingerprint density at radius 1 is 1.19 bits per heavy atom. The molecule has 1 fully saturated rings. The number of halogens is 1. The maximum Gasteiger partial charge on any atom is 0.411 e. The number of benzene rings is 1. The molecule has 0 unspecified atom stereocenters. The van der Waals surface area contributed by atoms with Crippen molar-refractivity contribution < 1.29 is 33.3 Å². The minimum atomic E-state index is -0.790. The van der Waals surface area contributed by atoms with E-state index in [9.17, 15) is 14.4 Å². The lowest BCUT2D eigenvalue weighted by Crippen LogP contribution is -2.56. The van der Waals surface area contributed by atoms with Crippen molar-refractivity contribution in [2.75, 3.05) is 38.9 Å². The number of hydrogen-bond acceptors (Lipinski definition) is 7. The topological polar surface area (TPSA) is 94.6 Å². The summed E-state index contributed by atoms with van der Waals surface area (Å²) in [4.78, 5) is 39.9. The first-order valence-electron chi connectivity index (χ1n) is 9.94. The maximum absolute atomic E-state index is 12.6. The van der Waals surface area contributed by atoms with Crippen molar-refractivity contribution >= 4 is 29.8 Å². The normalized spacial score (nSPS) is 16.4. The number of esters is 1. The first kappa shape index (κ1) is 24.7. The van der Waals surface area contributed by atoms with Gasteiger partial charge in [0.1, 0.15) is 18.8 Å². The van der Waals surface area contributed by atoms with E-state index in [1.54, 1.807) is 20.8 Å². The summed E-state index contributed by atoms with van der Waals surface area (Å²) in [5.41, 5.74) is 0.154. The Bertz CT molecular complexity index is 739. The van der Waals surface area contributed by atoms with Crippen LogP contribution in [0.25, 0.3) is 0 Å². The molecule has 0 aromatic heterocycles. The number of amides is 2. The molecule has 0 saturated carbocycles. The molecule has 0 bridgehead atoms. The molecule has 0 N–H and O–H groups in total. The van der Waals surface area contributed by atoms with Crippen LogP contribution in [0.1, 0.15) is 26.3 Å². The van der Waals surface area contributed by atoms with Gasteiger partial charge in [-0.1, -0.05) is 41.9 Å². The van der Waals surface area contributed by atoms with Crippen LogP contribution in [-0.4, -0.2) is 78.5 Å². The van der Waals surface area contributed by atoms with Gasteiger partial charge < -0.3 is 18.9 Å². The van der Waals surface area contributed by atoms with E-state index in [4.69, 9.17) is 30.5 Å². The van der Waals surface area contributed by atoms with Crippen molar-refractivity contribution in [1.82, 2.24) is 9.80 Å². The number of nitrogens with zero attached hydrogens (tertiary/aromatic N) is 2. The van der Waals surface area contributed by atoms with Crippen LogP contribution in [0, 0.1) is 0 Å². The zero-order valence-corrected chi connectivity index (χ0v) is 18.8. The number of carbonyl (C=O) groups is 3. The standard InChI is InChI=1S/C21H29ClN2O7/c1-21(2,3)31-20(27)24-9-10-28-14-17(24)11-23(19(26)30-15-22)12-18(25)29-13-16-7-5-4-6-8-16/h4-8,17H,9-15H2,1-3H3/t17-/m1/s1. The molecule has 2 amide bonds. The van der Waals surface area contributed by atoms with E-state index in [1.807, 2.05) is 30.3 Å². The Kier molecular flexibility index (Phi) is 9.39. The van der Waals surface area contributed by atoms with Gasteiger partial charge in [0.15, 0.2) is 6.07 Å². The summed E-state index contributed by atoms with van der Waals surface area (Å²) in [6.07, 6.45) is -1.31. The fourth-order valence-electron chi connectivity index (χ4n) is 2.90. The average Bonchev–Trinajstić information content (AvgIpc) is 2.72. The molecule has 1 aliphatic heterocycles. The summed E-state index contributed by atoms with van der Waals surface area (Å²) in [7, 11) is 0. The van der Waals surface area contributed by atoms with E-state index < -0.39 is 29.8 Å². The number of hydrogen-bond donors (Lipinski definition) is 0. The van der Waals surface area contributed by atoms with Gasteiger partial charge in [-0.05, 0) is 26.3 Å². The van der Waals surface area contributed by atoms with E-state index in [2.05, 4.69) is 0 Å². The molecule has 172 valence electrons. The highest BCUT2D eigenvalue weighted by molar-refractivity contribution is 6.17. The summed E-state index contributed by atoms with van der Waals surface area (Å²) in [6.45, 7) is 5.86. The van der Waals surface area contributed by atoms with E-state index in [0.29, 0.717) is 13.2 Å². The summed E-state index contributed by atoms with van der Waals surface area (Å²) < 4.78 is 21.0. The molecule has 1 saturated heterocycles. The quantitative estimate of drug-likeness (QED) is 0.353. The molecule has 1 aliphatic rings. The van der Waals surface area contributed by atoms with Crippen LogP contribution in [0.15, 0.2) is 30.3 Å². The molecule has 10 heteroatoms. The first-order valence-corrected chi connectivity index (χ1v) is 10.5. The highest BCUT2D eigenvalue weighted by atomic mass is 35.5. The Morgan fingerprint density at radius 2 is 1.90 bits per heavy atom.